The van der Waals surface area contributed by atoms with Crippen LogP contribution in [0.5, 0.6) is 0 Å². The first-order chi connectivity index (χ1) is 10.8. The molecule has 0 unspecified atom stereocenters. The fourth-order valence-corrected chi connectivity index (χ4v) is 5.77. The lowest BCUT2D eigenvalue weighted by molar-refractivity contribution is 0.274. The second-order valence-electron chi connectivity index (χ2n) is 6.29. The molecule has 1 aliphatic heterocycles. The van der Waals surface area contributed by atoms with Gasteiger partial charge in [-0.2, -0.15) is 5.10 Å². The Kier molecular flexibility index (Phi) is 4.51. The van der Waals surface area contributed by atoms with Gasteiger partial charge in [-0.1, -0.05) is 0 Å². The Bertz CT molecular complexity index is 760. The maximum Gasteiger partial charge on any atom is 0.243 e. The first kappa shape index (κ1) is 16.9. The van der Waals surface area contributed by atoms with Crippen LogP contribution in [0, 0.1) is 5.92 Å². The normalized spacial score (nSPS) is 21.6. The van der Waals surface area contributed by atoms with Gasteiger partial charge in [-0.3, -0.25) is 4.68 Å². The highest BCUT2D eigenvalue weighted by molar-refractivity contribution is 7.90. The zero-order chi connectivity index (χ0) is 16.7. The molecule has 1 aromatic rings. The van der Waals surface area contributed by atoms with Crippen molar-refractivity contribution < 1.29 is 16.8 Å². The molecule has 0 aromatic carbocycles. The summed E-state index contributed by atoms with van der Waals surface area (Å²) in [6.45, 7) is 1.30. The highest BCUT2D eigenvalue weighted by atomic mass is 32.2. The quantitative estimate of drug-likeness (QED) is 0.762. The van der Waals surface area contributed by atoms with Gasteiger partial charge in [-0.05, 0) is 31.6 Å². The molecule has 130 valence electrons. The molecule has 0 atom stereocenters. The Morgan fingerprint density at radius 1 is 1.17 bits per heavy atom. The van der Waals surface area contributed by atoms with Crippen LogP contribution in [0.1, 0.15) is 25.7 Å². The fourth-order valence-electron chi connectivity index (χ4n) is 2.79. The molecule has 10 heteroatoms. The largest absolute Gasteiger partial charge is 0.274 e. The predicted molar refractivity (Wildman–Crippen MR) is 84.6 cm³/mol. The third kappa shape index (κ3) is 3.76. The van der Waals surface area contributed by atoms with E-state index in [1.807, 2.05) is 0 Å². The van der Waals surface area contributed by atoms with Crippen molar-refractivity contribution in [1.82, 2.24) is 18.8 Å². The summed E-state index contributed by atoms with van der Waals surface area (Å²) in [6, 6.07) is 0. The number of sulfonamides is 2. The lowest BCUT2D eigenvalue weighted by atomic mass is 9.99. The van der Waals surface area contributed by atoms with Gasteiger partial charge in [0.25, 0.3) is 0 Å². The van der Waals surface area contributed by atoms with E-state index in [0.29, 0.717) is 32.5 Å². The monoisotopic (exact) mass is 362 g/mol. The first-order valence-electron chi connectivity index (χ1n) is 7.76. The van der Waals surface area contributed by atoms with Crippen molar-refractivity contribution in [1.29, 1.82) is 0 Å². The van der Waals surface area contributed by atoms with Crippen molar-refractivity contribution in [2.45, 2.75) is 35.8 Å². The minimum absolute atomic E-state index is 0.147. The smallest absolute Gasteiger partial charge is 0.243 e. The average molecular weight is 362 g/mol. The number of aromatic nitrogens is 2. The van der Waals surface area contributed by atoms with Gasteiger partial charge in [0.05, 0.1) is 11.4 Å². The Morgan fingerprint density at radius 2 is 1.83 bits per heavy atom. The molecule has 0 radical (unpaired) electrons. The third-order valence-corrected chi connectivity index (χ3v) is 8.21. The molecule has 2 fully saturated rings. The van der Waals surface area contributed by atoms with Crippen molar-refractivity contribution in [2.24, 2.45) is 13.0 Å². The third-order valence-electron chi connectivity index (χ3n) is 4.43. The summed E-state index contributed by atoms with van der Waals surface area (Å²) in [4.78, 5) is 0.147. The second kappa shape index (κ2) is 6.15. The molecule has 2 aliphatic rings. The summed E-state index contributed by atoms with van der Waals surface area (Å²) in [5.74, 6) is 0.159. The number of hydrogen-bond acceptors (Lipinski definition) is 5. The highest BCUT2D eigenvalue weighted by Gasteiger charge is 2.41. The van der Waals surface area contributed by atoms with Crippen LogP contribution in [0.25, 0.3) is 0 Å². The molecule has 2 heterocycles. The summed E-state index contributed by atoms with van der Waals surface area (Å²) in [7, 11) is -5.00. The molecule has 23 heavy (non-hydrogen) atoms. The summed E-state index contributed by atoms with van der Waals surface area (Å²) >= 11 is 0. The molecule has 3 rings (SSSR count). The van der Waals surface area contributed by atoms with Crippen LogP contribution in [0.15, 0.2) is 17.3 Å². The van der Waals surface area contributed by atoms with E-state index in [4.69, 9.17) is 0 Å². The molecule has 1 saturated heterocycles. The van der Waals surface area contributed by atoms with Crippen LogP contribution in [0.2, 0.25) is 0 Å². The Balaban J connectivity index is 1.51. The van der Waals surface area contributed by atoms with Crippen LogP contribution in [-0.2, 0) is 27.1 Å². The Labute approximate surface area is 137 Å². The molecule has 0 amide bonds. The second-order valence-corrected chi connectivity index (χ2v) is 10.3. The van der Waals surface area contributed by atoms with E-state index in [1.54, 1.807) is 11.4 Å². The number of aryl methyl sites for hydroxylation is 1. The van der Waals surface area contributed by atoms with Crippen molar-refractivity contribution >= 4 is 20.0 Å². The number of rotatable bonds is 6. The molecular formula is C13H22N4O4S2. The first-order valence-corrected chi connectivity index (χ1v) is 10.7. The van der Waals surface area contributed by atoms with E-state index >= 15 is 0 Å². The summed E-state index contributed by atoms with van der Waals surface area (Å²) < 4.78 is 54.2. The lowest BCUT2D eigenvalue weighted by Crippen LogP contribution is -2.42. The highest BCUT2D eigenvalue weighted by Crippen LogP contribution is 2.33. The van der Waals surface area contributed by atoms with Gasteiger partial charge in [0.1, 0.15) is 4.90 Å². The molecular weight excluding hydrogens is 340 g/mol. The van der Waals surface area contributed by atoms with Crippen LogP contribution in [0.4, 0.5) is 0 Å². The summed E-state index contributed by atoms with van der Waals surface area (Å²) in [5, 5.41) is 3.68. The number of hydrogen-bond donors (Lipinski definition) is 1. The van der Waals surface area contributed by atoms with Crippen molar-refractivity contribution in [3.63, 3.8) is 0 Å². The maximum atomic E-state index is 12.2. The van der Waals surface area contributed by atoms with Crippen LogP contribution >= 0.6 is 0 Å². The standard InChI is InChI=1S/C13H22N4O4S2/c1-16-10-13(9-14-16)22(18,19)15-8-11-4-6-17(7-5-11)23(20,21)12-2-3-12/h9-12,15H,2-8H2,1H3. The zero-order valence-electron chi connectivity index (χ0n) is 13.1. The minimum Gasteiger partial charge on any atom is -0.274 e. The topological polar surface area (TPSA) is 101 Å². The molecule has 0 spiro atoms. The van der Waals surface area contributed by atoms with E-state index in [0.717, 1.165) is 12.8 Å². The van der Waals surface area contributed by atoms with Gasteiger partial charge in [-0.25, -0.2) is 25.9 Å². The van der Waals surface area contributed by atoms with E-state index in [1.165, 1.54) is 17.1 Å². The van der Waals surface area contributed by atoms with E-state index in [9.17, 15) is 16.8 Å². The average Bonchev–Trinajstić information content (AvgIpc) is 3.28. The SMILES string of the molecule is Cn1cc(S(=O)(=O)NCC2CCN(S(=O)(=O)C3CC3)CC2)cn1. The van der Waals surface area contributed by atoms with Gasteiger partial charge < -0.3 is 0 Å². The van der Waals surface area contributed by atoms with Gasteiger partial charge in [0.2, 0.25) is 20.0 Å². The Morgan fingerprint density at radius 3 is 2.35 bits per heavy atom. The number of nitrogens with one attached hydrogen (secondary N) is 1. The molecule has 1 aliphatic carbocycles. The van der Waals surface area contributed by atoms with Crippen molar-refractivity contribution in [3.8, 4) is 0 Å². The van der Waals surface area contributed by atoms with Gasteiger partial charge >= 0.3 is 0 Å². The van der Waals surface area contributed by atoms with E-state index < -0.39 is 20.0 Å². The van der Waals surface area contributed by atoms with Crippen molar-refractivity contribution in [3.05, 3.63) is 12.4 Å². The van der Waals surface area contributed by atoms with Crippen LogP contribution in [0.3, 0.4) is 0 Å². The fraction of sp³-hybridized carbons (Fsp3) is 0.769. The van der Waals surface area contributed by atoms with Crippen molar-refractivity contribution in [2.75, 3.05) is 19.6 Å². The van der Waals surface area contributed by atoms with Crippen LogP contribution in [-0.4, -0.2) is 55.8 Å². The Hall–Kier alpha value is -0.970. The van der Waals surface area contributed by atoms with Gasteiger partial charge in [0.15, 0.2) is 0 Å². The van der Waals surface area contributed by atoms with Gasteiger partial charge in [0, 0.05) is 32.9 Å². The molecule has 8 nitrogen and oxygen atoms in total. The minimum atomic E-state index is -3.55. The maximum absolute atomic E-state index is 12.2. The van der Waals surface area contributed by atoms with Gasteiger partial charge in [-0.15, -0.1) is 0 Å². The molecule has 1 aromatic heterocycles. The van der Waals surface area contributed by atoms with E-state index in [-0.39, 0.29) is 16.1 Å². The summed E-state index contributed by atoms with van der Waals surface area (Å²) in [5.41, 5.74) is 0. The predicted octanol–water partition coefficient (Wildman–Crippen LogP) is -0.0974. The lowest BCUT2D eigenvalue weighted by Gasteiger charge is -2.31. The van der Waals surface area contributed by atoms with Crippen LogP contribution < -0.4 is 4.72 Å². The molecule has 0 bridgehead atoms. The molecule has 1 N–H and O–H groups in total. The zero-order valence-corrected chi connectivity index (χ0v) is 14.7. The summed E-state index contributed by atoms with van der Waals surface area (Å²) in [6.07, 6.45) is 5.67. The molecule has 1 saturated carbocycles. The van der Waals surface area contributed by atoms with E-state index in [2.05, 4.69) is 9.82 Å². The number of piperidine rings is 1. The number of nitrogens with zero attached hydrogens (tertiary/aromatic N) is 3.